The molecule has 464 valence electrons. The Kier molecular flexibility index (Phi) is 23.7. The first-order valence-corrected chi connectivity index (χ1v) is 31.3. The molecule has 0 saturated carbocycles. The van der Waals surface area contributed by atoms with Crippen LogP contribution in [0.25, 0.3) is 21.8 Å². The Morgan fingerprint density at radius 2 is 1.23 bits per heavy atom. The van der Waals surface area contributed by atoms with Crippen molar-refractivity contribution in [2.24, 2.45) is 17.4 Å². The molecule has 2 aromatic heterocycles. The van der Waals surface area contributed by atoms with Gasteiger partial charge >= 0.3 is 6.09 Å². The number of para-hydroxylation sites is 2. The van der Waals surface area contributed by atoms with Crippen molar-refractivity contribution >= 4 is 96.7 Å². The number of alkyl carbamates (subject to hydrolysis) is 1. The molecule has 6 aromatic rings. The molecule has 9 amide bonds. The second-order valence-electron chi connectivity index (χ2n) is 22.8. The molecule has 15 N–H and O–H groups in total. The van der Waals surface area contributed by atoms with E-state index in [0.717, 1.165) is 49.0 Å². The molecule has 0 bridgehead atoms. The number of phenols is 1. The molecule has 0 aliphatic carbocycles. The first-order chi connectivity index (χ1) is 41.5. The number of rotatable bonds is 19. The second-order valence-corrected chi connectivity index (χ2v) is 25.3. The summed E-state index contributed by atoms with van der Waals surface area (Å²) in [5.41, 5.74) is 15.7. The van der Waals surface area contributed by atoms with E-state index in [-0.39, 0.29) is 62.3 Å². The van der Waals surface area contributed by atoms with Gasteiger partial charge in [0.15, 0.2) is 0 Å². The summed E-state index contributed by atoms with van der Waals surface area (Å²) in [6.45, 7) is 8.67. The summed E-state index contributed by atoms with van der Waals surface area (Å²) in [5, 5.41) is 34.0. The molecule has 87 heavy (non-hydrogen) atoms. The summed E-state index contributed by atoms with van der Waals surface area (Å²) in [6.07, 6.45) is 3.10. The zero-order chi connectivity index (χ0) is 62.8. The fourth-order valence-corrected chi connectivity index (χ4v) is 12.1. The maximum Gasteiger partial charge on any atom is 0.407 e. The number of carbonyl (C=O) groups excluding carboxylic acids is 9. The van der Waals surface area contributed by atoms with Gasteiger partial charge in [0.2, 0.25) is 47.3 Å². The number of hydrogen-bond acceptors (Lipinski definition) is 14. The standard InChI is InChI=1S/C62H78N12O11S2/c1-35(2)52-60(83)73-51(58(81)69-47(53(64)76)29-38-31-66-44-19-11-9-17-41(38)44)34-87-86-33-50(72-54(77)43(63)27-36-15-7-6-8-16-36)59(82)70-48(28-37-22-24-40(75)25-23-37)56(79)71-49(30-39-32-67-45-20-12-10-18-42(39)45)57(80)68-46(55(78)74-52)21-13-14-26-65-61(84)85-62(3,4)5/h6-12,15-20,22-25,31-32,35,43,46-52,66-67,75H,13-14,21,26-30,33-34,63H2,1-5H3,(H2,64,76)(H,65,84)(H,68,80)(H,69,81)(H,70,82)(H,71,79)(H,72,77)(H,73,83)(H,74,78)/t43-,46?,47+,48+,49?,50?,51+,52+/m1/s1. The van der Waals surface area contributed by atoms with Crippen LogP contribution in [0.2, 0.25) is 0 Å². The zero-order valence-corrected chi connectivity index (χ0v) is 50.9. The van der Waals surface area contributed by atoms with Crippen LogP contribution in [0.4, 0.5) is 4.79 Å². The molecule has 1 aliphatic rings. The Labute approximate surface area is 512 Å². The minimum absolute atomic E-state index is 0.0141. The van der Waals surface area contributed by atoms with Crippen LogP contribution in [0.1, 0.15) is 76.1 Å². The SMILES string of the molecule is CC(C)[C@@H]1NC(=O)C(CCCCNC(=O)OC(C)(C)C)NC(=O)C(Cc2c[nH]c3ccccc23)NC(=O)[C@H](Cc2ccc(O)cc2)NC(=O)C(NC(=O)[C@H](N)Cc2ccccc2)CSSC[C@@H](C(=O)N[C@@H](Cc2c[nH]c3ccccc23)C(N)=O)NC1=O. The van der Waals surface area contributed by atoms with Gasteiger partial charge in [0.25, 0.3) is 0 Å². The van der Waals surface area contributed by atoms with Crippen molar-refractivity contribution in [1.82, 2.24) is 52.5 Å². The molecule has 1 fully saturated rings. The zero-order valence-electron chi connectivity index (χ0n) is 49.2. The van der Waals surface area contributed by atoms with Crippen molar-refractivity contribution in [3.8, 4) is 5.75 Å². The number of aromatic nitrogens is 2. The molecule has 7 rings (SSSR count). The van der Waals surface area contributed by atoms with E-state index in [0.29, 0.717) is 23.1 Å². The topological polar surface area (TPSA) is 363 Å². The number of fused-ring (bicyclic) bond motifs is 2. The maximum absolute atomic E-state index is 15.1. The normalized spacial score (nSPS) is 20.2. The molecule has 0 radical (unpaired) electrons. The van der Waals surface area contributed by atoms with Gasteiger partial charge in [-0.25, -0.2) is 4.79 Å². The Hall–Kier alpha value is -8.55. The van der Waals surface area contributed by atoms with Gasteiger partial charge in [0.05, 0.1) is 6.04 Å². The number of nitrogens with two attached hydrogens (primary N) is 2. The molecule has 3 unspecified atom stereocenters. The van der Waals surface area contributed by atoms with Gasteiger partial charge < -0.3 is 73.8 Å². The van der Waals surface area contributed by atoms with E-state index in [9.17, 15) is 38.7 Å². The lowest BCUT2D eigenvalue weighted by molar-refractivity contribution is -0.136. The molecule has 25 heteroatoms. The highest BCUT2D eigenvalue weighted by Gasteiger charge is 2.37. The van der Waals surface area contributed by atoms with E-state index >= 15 is 9.59 Å². The van der Waals surface area contributed by atoms with E-state index < -0.39 is 113 Å². The predicted octanol–water partition coefficient (Wildman–Crippen LogP) is 3.58. The lowest BCUT2D eigenvalue weighted by Crippen LogP contribution is -2.61. The third-order valence-corrected chi connectivity index (χ3v) is 16.8. The first kappa shape index (κ1) is 66.0. The number of unbranched alkanes of at least 4 members (excludes halogenated alkanes) is 1. The predicted molar refractivity (Wildman–Crippen MR) is 334 cm³/mol. The third-order valence-electron chi connectivity index (χ3n) is 14.4. The van der Waals surface area contributed by atoms with Crippen LogP contribution in [0.5, 0.6) is 5.75 Å². The van der Waals surface area contributed by atoms with E-state index in [1.54, 1.807) is 83.4 Å². The Bertz CT molecular complexity index is 3370. The summed E-state index contributed by atoms with van der Waals surface area (Å²) >= 11 is 0. The molecule has 4 aromatic carbocycles. The molecule has 1 aliphatic heterocycles. The number of hydrogen-bond donors (Lipinski definition) is 13. The van der Waals surface area contributed by atoms with Crippen LogP contribution in [-0.4, -0.2) is 140 Å². The van der Waals surface area contributed by atoms with Crippen LogP contribution in [0.15, 0.2) is 116 Å². The van der Waals surface area contributed by atoms with Crippen LogP contribution < -0.4 is 54.0 Å². The smallest absolute Gasteiger partial charge is 0.407 e. The van der Waals surface area contributed by atoms with Crippen LogP contribution in [0, 0.1) is 5.92 Å². The van der Waals surface area contributed by atoms with Gasteiger partial charge in [-0.2, -0.15) is 0 Å². The molecular weight excluding hydrogens is 1150 g/mol. The second kappa shape index (κ2) is 31.2. The van der Waals surface area contributed by atoms with Crippen molar-refractivity contribution in [3.05, 3.63) is 138 Å². The highest BCUT2D eigenvalue weighted by atomic mass is 33.1. The van der Waals surface area contributed by atoms with Crippen molar-refractivity contribution in [2.75, 3.05) is 18.1 Å². The Balaban J connectivity index is 1.25. The number of H-pyrrole nitrogens is 2. The van der Waals surface area contributed by atoms with Crippen LogP contribution in [0.3, 0.4) is 0 Å². The average molecular weight is 1230 g/mol. The minimum atomic E-state index is -1.44. The van der Waals surface area contributed by atoms with Crippen molar-refractivity contribution in [1.29, 1.82) is 0 Å². The molecular formula is C62H78N12O11S2. The minimum Gasteiger partial charge on any atom is -0.508 e. The molecule has 8 atom stereocenters. The van der Waals surface area contributed by atoms with Crippen molar-refractivity contribution < 1.29 is 53.0 Å². The largest absolute Gasteiger partial charge is 0.508 e. The molecule has 3 heterocycles. The number of aromatic hydroxyl groups is 1. The number of phenolic OH excluding ortho intramolecular Hbond substituents is 1. The summed E-state index contributed by atoms with van der Waals surface area (Å²) in [7, 11) is 2.09. The number of benzene rings is 4. The Morgan fingerprint density at radius 3 is 1.87 bits per heavy atom. The molecule has 0 spiro atoms. The van der Waals surface area contributed by atoms with Crippen molar-refractivity contribution in [3.63, 3.8) is 0 Å². The third kappa shape index (κ3) is 19.7. The fourth-order valence-electron chi connectivity index (χ4n) is 9.77. The van der Waals surface area contributed by atoms with Crippen molar-refractivity contribution in [2.45, 2.75) is 134 Å². The van der Waals surface area contributed by atoms with Crippen LogP contribution in [-0.2, 0) is 68.8 Å². The fraction of sp³-hybridized carbons (Fsp3) is 0.403. The first-order valence-electron chi connectivity index (χ1n) is 28.8. The highest BCUT2D eigenvalue weighted by molar-refractivity contribution is 8.76. The number of primary amides is 1. The monoisotopic (exact) mass is 1230 g/mol. The highest BCUT2D eigenvalue weighted by Crippen LogP contribution is 2.26. The average Bonchev–Trinajstić information content (AvgIpc) is 4.05. The summed E-state index contributed by atoms with van der Waals surface area (Å²) in [5.74, 6) is -7.45. The summed E-state index contributed by atoms with van der Waals surface area (Å²) in [4.78, 5) is 135. The quantitative estimate of drug-likeness (QED) is 0.0408. The Morgan fingerprint density at radius 1 is 0.655 bits per heavy atom. The number of aromatic amines is 2. The summed E-state index contributed by atoms with van der Waals surface area (Å²) in [6, 6.07) is 18.9. The maximum atomic E-state index is 15.1. The van der Waals surface area contributed by atoms with Gasteiger partial charge in [-0.1, -0.05) is 114 Å². The summed E-state index contributed by atoms with van der Waals surface area (Å²) < 4.78 is 5.38. The van der Waals surface area contributed by atoms with Crippen LogP contribution >= 0.6 is 21.6 Å². The lowest BCUT2D eigenvalue weighted by Gasteiger charge is -2.29. The van der Waals surface area contributed by atoms with E-state index in [1.807, 2.05) is 54.6 Å². The van der Waals surface area contributed by atoms with Gasteiger partial charge in [-0.05, 0) is 98.9 Å². The van der Waals surface area contributed by atoms with E-state index in [4.69, 9.17) is 16.2 Å². The van der Waals surface area contributed by atoms with E-state index in [2.05, 4.69) is 52.5 Å². The number of ether oxygens (including phenoxy) is 1. The number of carbonyl (C=O) groups is 9. The molecule has 23 nitrogen and oxygen atoms in total. The van der Waals surface area contributed by atoms with Gasteiger partial charge in [0, 0.05) is 71.5 Å². The van der Waals surface area contributed by atoms with Gasteiger partial charge in [-0.15, -0.1) is 0 Å². The lowest BCUT2D eigenvalue weighted by atomic mass is 10.00. The van der Waals surface area contributed by atoms with Gasteiger partial charge in [0.1, 0.15) is 53.6 Å². The van der Waals surface area contributed by atoms with E-state index in [1.165, 1.54) is 12.1 Å². The number of nitrogens with one attached hydrogen (secondary N) is 10. The number of amides is 9. The molecule has 1 saturated heterocycles. The van der Waals surface area contributed by atoms with Gasteiger partial charge in [-0.3, -0.25) is 38.4 Å².